The second-order valence-corrected chi connectivity index (χ2v) is 8.40. The van der Waals surface area contributed by atoms with Crippen molar-refractivity contribution in [2.45, 2.75) is 25.4 Å². The summed E-state index contributed by atoms with van der Waals surface area (Å²) >= 11 is 7.28. The van der Waals surface area contributed by atoms with E-state index in [0.29, 0.717) is 11.7 Å². The number of pyridine rings is 1. The van der Waals surface area contributed by atoms with Crippen molar-refractivity contribution in [2.75, 3.05) is 11.9 Å². The van der Waals surface area contributed by atoms with E-state index >= 15 is 0 Å². The molecule has 5 nitrogen and oxygen atoms in total. The highest BCUT2D eigenvalue weighted by Crippen LogP contribution is 2.41. The van der Waals surface area contributed by atoms with Crippen molar-refractivity contribution in [3.63, 3.8) is 0 Å². The number of benzene rings is 1. The molecule has 2 N–H and O–H groups in total. The van der Waals surface area contributed by atoms with Gasteiger partial charge in [-0.25, -0.2) is 4.39 Å². The number of rotatable bonds is 6. The molecule has 0 spiro atoms. The van der Waals surface area contributed by atoms with E-state index in [9.17, 15) is 9.18 Å². The molecule has 2 unspecified atom stereocenters. The van der Waals surface area contributed by atoms with Crippen LogP contribution in [0.4, 0.5) is 10.1 Å². The number of thiophene rings is 1. The highest BCUT2D eigenvalue weighted by Gasteiger charge is 2.40. The summed E-state index contributed by atoms with van der Waals surface area (Å²) in [6, 6.07) is 13.9. The molecular weight excluding hydrogens is 419 g/mol. The Morgan fingerprint density at radius 1 is 1.27 bits per heavy atom. The Hall–Kier alpha value is -2.84. The number of anilines is 1. The number of amides is 1. The van der Waals surface area contributed by atoms with Crippen LogP contribution in [0.15, 0.2) is 60.1 Å². The monoisotopic (exact) mass is 440 g/mol. The van der Waals surface area contributed by atoms with Crippen LogP contribution in [0.2, 0.25) is 0 Å². The van der Waals surface area contributed by atoms with Gasteiger partial charge in [0, 0.05) is 24.0 Å². The summed E-state index contributed by atoms with van der Waals surface area (Å²) in [6.45, 7) is 2.49. The van der Waals surface area contributed by atoms with Gasteiger partial charge in [0.15, 0.2) is 5.11 Å². The number of hydrogen-bond donors (Lipinski definition) is 2. The van der Waals surface area contributed by atoms with Gasteiger partial charge in [-0.3, -0.25) is 9.78 Å². The molecule has 1 aliphatic heterocycles. The molecule has 30 heavy (non-hydrogen) atoms. The van der Waals surface area contributed by atoms with Gasteiger partial charge in [0.25, 0.3) is 0 Å². The third-order valence-electron chi connectivity index (χ3n) is 5.10. The molecule has 1 aliphatic rings. The van der Waals surface area contributed by atoms with Crippen LogP contribution in [0.3, 0.4) is 0 Å². The molecule has 0 radical (unpaired) electrons. The Balaban J connectivity index is 1.53. The lowest BCUT2D eigenvalue weighted by Crippen LogP contribution is -2.32. The van der Waals surface area contributed by atoms with Gasteiger partial charge in [-0.1, -0.05) is 18.2 Å². The summed E-state index contributed by atoms with van der Waals surface area (Å²) in [5.74, 6) is -0.711. The first kappa shape index (κ1) is 20.4. The van der Waals surface area contributed by atoms with E-state index in [-0.39, 0.29) is 30.1 Å². The minimum Gasteiger partial charge on any atom is -0.352 e. The van der Waals surface area contributed by atoms with E-state index in [0.717, 1.165) is 5.69 Å². The highest BCUT2D eigenvalue weighted by atomic mass is 32.1. The molecule has 4 rings (SSSR count). The fraction of sp³-hybridized carbons (Fsp3) is 0.227. The fourth-order valence-electron chi connectivity index (χ4n) is 3.62. The predicted molar refractivity (Wildman–Crippen MR) is 121 cm³/mol. The molecule has 3 aromatic rings. The average Bonchev–Trinajstić information content (AvgIpc) is 3.31. The number of nitrogens with one attached hydrogen (secondary N) is 2. The molecule has 0 bridgehead atoms. The number of para-hydroxylation sites is 1. The second kappa shape index (κ2) is 8.89. The Morgan fingerprint density at radius 2 is 2.07 bits per heavy atom. The zero-order valence-electron chi connectivity index (χ0n) is 16.3. The lowest BCUT2D eigenvalue weighted by molar-refractivity contribution is -0.116. The van der Waals surface area contributed by atoms with Crippen molar-refractivity contribution in [2.24, 2.45) is 0 Å². The average molecular weight is 441 g/mol. The van der Waals surface area contributed by atoms with Gasteiger partial charge in [-0.05, 0) is 60.4 Å². The van der Waals surface area contributed by atoms with Crippen molar-refractivity contribution in [3.05, 3.63) is 82.1 Å². The van der Waals surface area contributed by atoms with Gasteiger partial charge in [0.1, 0.15) is 5.82 Å². The summed E-state index contributed by atoms with van der Waals surface area (Å²) < 4.78 is 13.8. The number of hydrogen-bond acceptors (Lipinski definition) is 4. The van der Waals surface area contributed by atoms with E-state index < -0.39 is 5.82 Å². The fourth-order valence-corrected chi connectivity index (χ4v) is 5.02. The third kappa shape index (κ3) is 4.20. The van der Waals surface area contributed by atoms with E-state index in [2.05, 4.69) is 34.0 Å². The molecule has 2 aromatic heterocycles. The molecule has 1 amide bonds. The number of nitrogens with zero attached hydrogens (tertiary/aromatic N) is 2. The molecule has 1 fully saturated rings. The number of thiocarbonyl (C=S) groups is 1. The van der Waals surface area contributed by atoms with Crippen LogP contribution in [-0.2, 0) is 4.79 Å². The predicted octanol–water partition coefficient (Wildman–Crippen LogP) is 4.59. The van der Waals surface area contributed by atoms with Gasteiger partial charge >= 0.3 is 0 Å². The summed E-state index contributed by atoms with van der Waals surface area (Å²) in [4.78, 5) is 20.2. The van der Waals surface area contributed by atoms with Crippen molar-refractivity contribution in [1.82, 2.24) is 15.2 Å². The van der Waals surface area contributed by atoms with Crippen molar-refractivity contribution >= 4 is 40.3 Å². The smallest absolute Gasteiger partial charge is 0.226 e. The largest absolute Gasteiger partial charge is 0.352 e. The van der Waals surface area contributed by atoms with Crippen LogP contribution in [0.25, 0.3) is 0 Å². The van der Waals surface area contributed by atoms with Crippen molar-refractivity contribution in [1.29, 1.82) is 0 Å². The number of carbonyl (C=O) groups is 1. The number of carbonyl (C=O) groups excluding carboxylic acids is 1. The van der Waals surface area contributed by atoms with E-state index in [1.165, 1.54) is 16.5 Å². The van der Waals surface area contributed by atoms with Crippen molar-refractivity contribution < 1.29 is 9.18 Å². The lowest BCUT2D eigenvalue weighted by Gasteiger charge is -2.27. The quantitative estimate of drug-likeness (QED) is 0.549. The Labute approximate surface area is 183 Å². The maximum atomic E-state index is 13.8. The van der Waals surface area contributed by atoms with Gasteiger partial charge < -0.3 is 15.5 Å². The lowest BCUT2D eigenvalue weighted by atomic mass is 10.0. The topological polar surface area (TPSA) is 57.3 Å². The van der Waals surface area contributed by atoms with Gasteiger partial charge in [-0.15, -0.1) is 11.3 Å². The highest BCUT2D eigenvalue weighted by molar-refractivity contribution is 7.80. The van der Waals surface area contributed by atoms with Crippen LogP contribution < -0.4 is 10.6 Å². The number of halogens is 1. The van der Waals surface area contributed by atoms with Crippen LogP contribution in [-0.4, -0.2) is 27.4 Å². The van der Waals surface area contributed by atoms with E-state index in [1.54, 1.807) is 35.7 Å². The molecule has 0 aliphatic carbocycles. The maximum absolute atomic E-state index is 13.8. The number of aryl methyl sites for hydroxylation is 1. The second-order valence-electron chi connectivity index (χ2n) is 7.07. The molecular formula is C22H21FN4OS2. The Kier molecular flexibility index (Phi) is 6.06. The van der Waals surface area contributed by atoms with Crippen LogP contribution in [0.5, 0.6) is 0 Å². The van der Waals surface area contributed by atoms with E-state index in [4.69, 9.17) is 12.2 Å². The Morgan fingerprint density at radius 3 is 2.77 bits per heavy atom. The van der Waals surface area contributed by atoms with Gasteiger partial charge in [-0.2, -0.15) is 0 Å². The molecule has 3 heterocycles. The molecule has 1 saturated heterocycles. The summed E-state index contributed by atoms with van der Waals surface area (Å²) in [5, 5.41) is 8.66. The number of aromatic nitrogens is 1. The SMILES string of the molecule is Cc1ccsc1C1C(c2ccccn2)NC(=S)N1CCC(=O)Nc1ccccc1F. The van der Waals surface area contributed by atoms with Crippen LogP contribution in [0.1, 0.15) is 34.6 Å². The minimum atomic E-state index is -0.452. The zero-order valence-corrected chi connectivity index (χ0v) is 18.0. The molecule has 0 saturated carbocycles. The first-order chi connectivity index (χ1) is 14.5. The standard InChI is InChI=1S/C22H21FN4OS2/c1-14-10-13-30-21(14)20-19(17-8-4-5-11-24-17)26-22(29)27(20)12-9-18(28)25-16-7-3-2-6-15(16)23/h2-8,10-11,13,19-20H,9,12H2,1H3,(H,25,28)(H,26,29). The first-order valence-electron chi connectivity index (χ1n) is 9.61. The molecule has 1 aromatic carbocycles. The summed E-state index contributed by atoms with van der Waals surface area (Å²) in [5.41, 5.74) is 2.26. The van der Waals surface area contributed by atoms with Crippen molar-refractivity contribution in [3.8, 4) is 0 Å². The third-order valence-corrected chi connectivity index (χ3v) is 6.54. The summed E-state index contributed by atoms with van der Waals surface area (Å²) in [6.07, 6.45) is 1.95. The van der Waals surface area contributed by atoms with Gasteiger partial charge in [0.05, 0.1) is 23.5 Å². The van der Waals surface area contributed by atoms with Gasteiger partial charge in [0.2, 0.25) is 5.91 Å². The molecule has 8 heteroatoms. The maximum Gasteiger partial charge on any atom is 0.226 e. The first-order valence-corrected chi connectivity index (χ1v) is 10.9. The summed E-state index contributed by atoms with van der Waals surface area (Å²) in [7, 11) is 0. The van der Waals surface area contributed by atoms with Crippen LogP contribution >= 0.6 is 23.6 Å². The van der Waals surface area contributed by atoms with Crippen LogP contribution in [0, 0.1) is 12.7 Å². The molecule has 154 valence electrons. The zero-order chi connectivity index (χ0) is 21.1. The van der Waals surface area contributed by atoms with E-state index in [1.807, 2.05) is 23.1 Å². The molecule has 2 atom stereocenters. The minimum absolute atomic E-state index is 0.0614. The normalized spacial score (nSPS) is 18.3. The Bertz CT molecular complexity index is 1060.